The van der Waals surface area contributed by atoms with E-state index < -0.39 is 5.97 Å². The van der Waals surface area contributed by atoms with E-state index in [2.05, 4.69) is 16.6 Å². The minimum atomic E-state index is -0.519. The smallest absolute Gasteiger partial charge is 0.340 e. The molecule has 0 aromatic heterocycles. The molecule has 0 radical (unpaired) electrons. The number of hydrogen-bond donors (Lipinski definition) is 1. The Hall–Kier alpha value is -1.66. The Balaban J connectivity index is 3.35. The van der Waals surface area contributed by atoms with Crippen molar-refractivity contribution in [2.24, 2.45) is 0 Å². The quantitative estimate of drug-likeness (QED) is 0.451. The molecule has 0 amide bonds. The van der Waals surface area contributed by atoms with E-state index in [9.17, 15) is 4.79 Å². The molecular formula is C11H10ClNO2. The number of halogens is 1. The van der Waals surface area contributed by atoms with Gasteiger partial charge in [-0.2, -0.15) is 0 Å². The fourth-order valence-corrected chi connectivity index (χ4v) is 1.33. The minimum Gasteiger partial charge on any atom is -0.465 e. The molecule has 0 fully saturated rings. The molecule has 0 spiro atoms. The number of rotatable bonds is 1. The number of carbonyl (C=O) groups excluding carboxylic acids is 1. The van der Waals surface area contributed by atoms with Crippen LogP contribution in [0.15, 0.2) is 12.1 Å². The lowest BCUT2D eigenvalue weighted by Crippen LogP contribution is -2.06. The number of benzene rings is 1. The molecule has 78 valence electrons. The van der Waals surface area contributed by atoms with Gasteiger partial charge in [0.05, 0.1) is 23.4 Å². The summed E-state index contributed by atoms with van der Waals surface area (Å²) < 4.78 is 4.58. The highest BCUT2D eigenvalue weighted by atomic mass is 35.5. The van der Waals surface area contributed by atoms with E-state index >= 15 is 0 Å². The molecule has 0 aliphatic heterocycles. The second kappa shape index (κ2) is 4.72. The average Bonchev–Trinajstić information content (AvgIpc) is 2.22. The lowest BCUT2D eigenvalue weighted by atomic mass is 10.1. The molecule has 0 heterocycles. The fraction of sp³-hybridized carbons (Fsp3) is 0.182. The Morgan fingerprint density at radius 2 is 2.20 bits per heavy atom. The number of methoxy groups -OCH3 is 1. The van der Waals surface area contributed by atoms with Gasteiger partial charge in [-0.1, -0.05) is 17.5 Å². The first-order chi connectivity index (χ1) is 7.10. The number of esters is 1. The molecule has 0 atom stereocenters. The van der Waals surface area contributed by atoms with Crippen LogP contribution in [0.5, 0.6) is 0 Å². The summed E-state index contributed by atoms with van der Waals surface area (Å²) in [6.45, 7) is 1.70. The van der Waals surface area contributed by atoms with Crippen molar-refractivity contribution in [1.29, 1.82) is 0 Å². The summed E-state index contributed by atoms with van der Waals surface area (Å²) in [4.78, 5) is 11.3. The van der Waals surface area contributed by atoms with Gasteiger partial charge >= 0.3 is 5.97 Å². The summed E-state index contributed by atoms with van der Waals surface area (Å²) in [6.07, 6.45) is 0. The molecule has 1 aromatic rings. The van der Waals surface area contributed by atoms with Gasteiger partial charge in [0, 0.05) is 5.56 Å². The van der Waals surface area contributed by atoms with Crippen molar-refractivity contribution in [3.63, 3.8) is 0 Å². The van der Waals surface area contributed by atoms with Crippen LogP contribution in [0.25, 0.3) is 0 Å². The van der Waals surface area contributed by atoms with E-state index in [0.29, 0.717) is 10.6 Å². The zero-order valence-electron chi connectivity index (χ0n) is 8.43. The maximum Gasteiger partial charge on any atom is 0.340 e. The molecule has 0 bridgehead atoms. The molecule has 2 N–H and O–H groups in total. The number of hydrogen-bond acceptors (Lipinski definition) is 3. The monoisotopic (exact) mass is 223 g/mol. The number of carbonyl (C=O) groups is 1. The van der Waals surface area contributed by atoms with Crippen LogP contribution >= 0.6 is 11.6 Å². The third-order valence-corrected chi connectivity index (χ3v) is 2.12. The SMILES string of the molecule is CC#Cc1cc(Cl)c(N)c(C(=O)OC)c1. The number of nitrogen functional groups attached to an aromatic ring is 1. The highest BCUT2D eigenvalue weighted by Crippen LogP contribution is 2.25. The molecule has 0 aliphatic carbocycles. The van der Waals surface area contributed by atoms with E-state index in [1.807, 2.05) is 0 Å². The van der Waals surface area contributed by atoms with Crippen LogP contribution in [0.3, 0.4) is 0 Å². The van der Waals surface area contributed by atoms with Gasteiger partial charge < -0.3 is 10.5 Å². The molecule has 0 saturated carbocycles. The minimum absolute atomic E-state index is 0.213. The van der Waals surface area contributed by atoms with E-state index in [4.69, 9.17) is 17.3 Å². The Morgan fingerprint density at radius 1 is 1.53 bits per heavy atom. The Morgan fingerprint density at radius 3 is 2.73 bits per heavy atom. The first-order valence-electron chi connectivity index (χ1n) is 4.20. The zero-order chi connectivity index (χ0) is 11.4. The lowest BCUT2D eigenvalue weighted by molar-refractivity contribution is 0.0602. The molecule has 1 aromatic carbocycles. The van der Waals surface area contributed by atoms with Crippen LogP contribution in [0.1, 0.15) is 22.8 Å². The standard InChI is InChI=1S/C11H10ClNO2/c1-3-4-7-5-8(11(14)15-2)10(13)9(12)6-7/h5-6H,13H2,1-2H3. The Bertz CT molecular complexity index is 458. The topological polar surface area (TPSA) is 52.3 Å². The molecule has 0 unspecified atom stereocenters. The van der Waals surface area contributed by atoms with Crippen molar-refractivity contribution >= 4 is 23.3 Å². The zero-order valence-corrected chi connectivity index (χ0v) is 9.18. The third kappa shape index (κ3) is 2.42. The summed E-state index contributed by atoms with van der Waals surface area (Å²) in [5.74, 6) is 4.99. The van der Waals surface area contributed by atoms with Crippen LogP contribution in [0, 0.1) is 11.8 Å². The summed E-state index contributed by atoms with van der Waals surface area (Å²) in [5, 5.41) is 0.302. The lowest BCUT2D eigenvalue weighted by Gasteiger charge is -2.06. The number of ether oxygens (including phenoxy) is 1. The number of anilines is 1. The van der Waals surface area contributed by atoms with Crippen molar-refractivity contribution in [2.45, 2.75) is 6.92 Å². The van der Waals surface area contributed by atoms with Gasteiger partial charge in [-0.15, -0.1) is 5.92 Å². The highest BCUT2D eigenvalue weighted by Gasteiger charge is 2.13. The molecule has 0 saturated heterocycles. The van der Waals surface area contributed by atoms with Crippen molar-refractivity contribution in [3.05, 3.63) is 28.3 Å². The van der Waals surface area contributed by atoms with Crippen molar-refractivity contribution in [3.8, 4) is 11.8 Å². The number of nitrogens with two attached hydrogens (primary N) is 1. The van der Waals surface area contributed by atoms with Crippen molar-refractivity contribution in [1.82, 2.24) is 0 Å². The maximum absolute atomic E-state index is 11.3. The maximum atomic E-state index is 11.3. The summed E-state index contributed by atoms with van der Waals surface area (Å²) in [7, 11) is 1.29. The molecule has 3 nitrogen and oxygen atoms in total. The Kier molecular flexibility index (Phi) is 3.59. The van der Waals surface area contributed by atoms with Gasteiger partial charge in [0.25, 0.3) is 0 Å². The van der Waals surface area contributed by atoms with Crippen LogP contribution in [0.4, 0.5) is 5.69 Å². The first-order valence-corrected chi connectivity index (χ1v) is 4.58. The average molecular weight is 224 g/mol. The van der Waals surface area contributed by atoms with Gasteiger partial charge in [0.2, 0.25) is 0 Å². The van der Waals surface area contributed by atoms with Crippen LogP contribution < -0.4 is 5.73 Å². The molecule has 1 rings (SSSR count). The summed E-state index contributed by atoms with van der Waals surface area (Å²) in [6, 6.07) is 3.17. The molecule has 4 heteroatoms. The van der Waals surface area contributed by atoms with E-state index in [1.54, 1.807) is 19.1 Å². The second-order valence-corrected chi connectivity index (χ2v) is 3.19. The van der Waals surface area contributed by atoms with Crippen LogP contribution in [-0.4, -0.2) is 13.1 Å². The normalized spacial score (nSPS) is 9.00. The molecule has 15 heavy (non-hydrogen) atoms. The van der Waals surface area contributed by atoms with Crippen molar-refractivity contribution < 1.29 is 9.53 Å². The highest BCUT2D eigenvalue weighted by molar-refractivity contribution is 6.34. The third-order valence-electron chi connectivity index (χ3n) is 1.80. The molecule has 0 aliphatic rings. The van der Waals surface area contributed by atoms with Gasteiger partial charge in [-0.05, 0) is 19.1 Å². The van der Waals surface area contributed by atoms with Crippen LogP contribution in [-0.2, 0) is 4.74 Å². The van der Waals surface area contributed by atoms with Crippen molar-refractivity contribution in [2.75, 3.05) is 12.8 Å². The predicted octanol–water partition coefficient (Wildman–Crippen LogP) is 2.08. The van der Waals surface area contributed by atoms with Gasteiger partial charge in [0.15, 0.2) is 0 Å². The van der Waals surface area contributed by atoms with E-state index in [0.717, 1.165) is 0 Å². The predicted molar refractivity (Wildman–Crippen MR) is 59.8 cm³/mol. The van der Waals surface area contributed by atoms with E-state index in [-0.39, 0.29) is 11.3 Å². The van der Waals surface area contributed by atoms with Gasteiger partial charge in [-0.3, -0.25) is 0 Å². The van der Waals surface area contributed by atoms with Gasteiger partial charge in [-0.25, -0.2) is 4.79 Å². The summed E-state index contributed by atoms with van der Waals surface area (Å²) in [5.41, 5.74) is 6.73. The Labute approximate surface area is 93.2 Å². The largest absolute Gasteiger partial charge is 0.465 e. The van der Waals surface area contributed by atoms with E-state index in [1.165, 1.54) is 7.11 Å². The fourth-order valence-electron chi connectivity index (χ4n) is 1.11. The summed E-state index contributed by atoms with van der Waals surface area (Å²) >= 11 is 5.86. The first kappa shape index (κ1) is 11.4. The van der Waals surface area contributed by atoms with Crippen LogP contribution in [0.2, 0.25) is 5.02 Å². The second-order valence-electron chi connectivity index (χ2n) is 2.79. The molecular weight excluding hydrogens is 214 g/mol. The van der Waals surface area contributed by atoms with Gasteiger partial charge in [0.1, 0.15) is 0 Å².